The number of aromatic amines is 1. The van der Waals surface area contributed by atoms with Crippen LogP contribution in [0.15, 0.2) is 18.2 Å². The molecule has 0 fully saturated rings. The van der Waals surface area contributed by atoms with Crippen molar-refractivity contribution in [3.8, 4) is 0 Å². The summed E-state index contributed by atoms with van der Waals surface area (Å²) in [5.41, 5.74) is 1.41. The zero-order valence-corrected chi connectivity index (χ0v) is 9.93. The number of hydrogen-bond acceptors (Lipinski definition) is 3. The number of halogens is 2. The standard InChI is InChI=1S/C11H13ClFN3O/c12-3-5-17-6-4-14-11-15-9-2-1-8(13)7-10(9)16-11/h1-2,7H,3-6H2,(H2,14,15,16). The Balaban J connectivity index is 1.91. The van der Waals surface area contributed by atoms with E-state index in [0.29, 0.717) is 37.1 Å². The van der Waals surface area contributed by atoms with Crippen molar-refractivity contribution < 1.29 is 9.13 Å². The highest BCUT2D eigenvalue weighted by Crippen LogP contribution is 2.14. The maximum Gasteiger partial charge on any atom is 0.201 e. The number of ether oxygens (including phenoxy) is 1. The molecule has 92 valence electrons. The average Bonchev–Trinajstić information content (AvgIpc) is 2.70. The second-order valence-electron chi connectivity index (χ2n) is 3.48. The normalized spacial score (nSPS) is 10.9. The second kappa shape index (κ2) is 5.84. The van der Waals surface area contributed by atoms with Crippen LogP contribution >= 0.6 is 11.6 Å². The largest absolute Gasteiger partial charge is 0.378 e. The molecule has 17 heavy (non-hydrogen) atoms. The summed E-state index contributed by atoms with van der Waals surface area (Å²) in [7, 11) is 0. The first kappa shape index (κ1) is 12.1. The molecule has 0 aliphatic carbocycles. The Bertz CT molecular complexity index is 489. The van der Waals surface area contributed by atoms with Gasteiger partial charge in [0.15, 0.2) is 0 Å². The van der Waals surface area contributed by atoms with E-state index in [9.17, 15) is 4.39 Å². The van der Waals surface area contributed by atoms with E-state index in [0.717, 1.165) is 5.52 Å². The van der Waals surface area contributed by atoms with Crippen molar-refractivity contribution in [3.05, 3.63) is 24.0 Å². The summed E-state index contributed by atoms with van der Waals surface area (Å²) in [6, 6.07) is 4.43. The predicted octanol–water partition coefficient (Wildman–Crippen LogP) is 2.37. The highest BCUT2D eigenvalue weighted by molar-refractivity contribution is 6.17. The van der Waals surface area contributed by atoms with Gasteiger partial charge in [0, 0.05) is 12.4 Å². The molecule has 2 N–H and O–H groups in total. The van der Waals surface area contributed by atoms with Crippen LogP contribution in [-0.4, -0.2) is 35.6 Å². The molecule has 0 bridgehead atoms. The lowest BCUT2D eigenvalue weighted by atomic mass is 10.3. The monoisotopic (exact) mass is 257 g/mol. The second-order valence-corrected chi connectivity index (χ2v) is 3.85. The van der Waals surface area contributed by atoms with Gasteiger partial charge in [-0.05, 0) is 18.2 Å². The molecule has 0 spiro atoms. The molecule has 0 amide bonds. The van der Waals surface area contributed by atoms with Crippen LogP contribution in [-0.2, 0) is 4.74 Å². The van der Waals surface area contributed by atoms with Crippen LogP contribution in [0.4, 0.5) is 10.3 Å². The Morgan fingerprint density at radius 2 is 2.29 bits per heavy atom. The molecular weight excluding hydrogens is 245 g/mol. The number of nitrogens with zero attached hydrogens (tertiary/aromatic N) is 1. The predicted molar refractivity (Wildman–Crippen MR) is 66.1 cm³/mol. The number of rotatable bonds is 6. The minimum Gasteiger partial charge on any atom is -0.378 e. The summed E-state index contributed by atoms with van der Waals surface area (Å²) in [6.07, 6.45) is 0. The van der Waals surface area contributed by atoms with Crippen LogP contribution in [0.3, 0.4) is 0 Å². The lowest BCUT2D eigenvalue weighted by Gasteiger charge is -2.02. The van der Waals surface area contributed by atoms with E-state index in [2.05, 4.69) is 15.3 Å². The molecule has 0 aliphatic rings. The highest BCUT2D eigenvalue weighted by Gasteiger charge is 2.02. The molecule has 2 aromatic rings. The van der Waals surface area contributed by atoms with Gasteiger partial charge in [0.05, 0.1) is 24.2 Å². The fourth-order valence-corrected chi connectivity index (χ4v) is 1.57. The van der Waals surface area contributed by atoms with Gasteiger partial charge in [0.2, 0.25) is 5.95 Å². The van der Waals surface area contributed by atoms with Crippen molar-refractivity contribution in [2.45, 2.75) is 0 Å². The van der Waals surface area contributed by atoms with Crippen molar-refractivity contribution in [3.63, 3.8) is 0 Å². The summed E-state index contributed by atoms with van der Waals surface area (Å²) < 4.78 is 18.1. The fourth-order valence-electron chi connectivity index (χ4n) is 1.46. The molecule has 1 aromatic heterocycles. The first-order valence-corrected chi connectivity index (χ1v) is 5.86. The lowest BCUT2D eigenvalue weighted by molar-refractivity contribution is 0.160. The molecule has 0 saturated heterocycles. The summed E-state index contributed by atoms with van der Waals surface area (Å²) in [6.45, 7) is 1.71. The molecular formula is C11H13ClFN3O. The summed E-state index contributed by atoms with van der Waals surface area (Å²) in [4.78, 5) is 7.24. The summed E-state index contributed by atoms with van der Waals surface area (Å²) >= 11 is 5.47. The number of nitrogens with one attached hydrogen (secondary N) is 2. The fraction of sp³-hybridized carbons (Fsp3) is 0.364. The Hall–Kier alpha value is -1.33. The van der Waals surface area contributed by atoms with E-state index < -0.39 is 0 Å². The zero-order valence-electron chi connectivity index (χ0n) is 9.17. The number of H-pyrrole nitrogens is 1. The Morgan fingerprint density at radius 1 is 1.41 bits per heavy atom. The topological polar surface area (TPSA) is 49.9 Å². The van der Waals surface area contributed by atoms with E-state index in [4.69, 9.17) is 16.3 Å². The molecule has 2 rings (SSSR count). The lowest BCUT2D eigenvalue weighted by Crippen LogP contribution is -2.11. The number of anilines is 1. The number of imidazole rings is 1. The van der Waals surface area contributed by atoms with E-state index >= 15 is 0 Å². The number of hydrogen-bond donors (Lipinski definition) is 2. The maximum atomic E-state index is 12.9. The van der Waals surface area contributed by atoms with Crippen LogP contribution in [0.2, 0.25) is 0 Å². The minimum atomic E-state index is -0.279. The van der Waals surface area contributed by atoms with Crippen LogP contribution in [0.1, 0.15) is 0 Å². The Morgan fingerprint density at radius 3 is 3.12 bits per heavy atom. The zero-order chi connectivity index (χ0) is 12.1. The number of fused-ring (bicyclic) bond motifs is 1. The Kier molecular flexibility index (Phi) is 4.17. The van der Waals surface area contributed by atoms with Gasteiger partial charge >= 0.3 is 0 Å². The van der Waals surface area contributed by atoms with Gasteiger partial charge in [0.25, 0.3) is 0 Å². The van der Waals surface area contributed by atoms with Gasteiger partial charge in [0.1, 0.15) is 5.82 Å². The molecule has 1 heterocycles. The first-order valence-electron chi connectivity index (χ1n) is 5.32. The van der Waals surface area contributed by atoms with Gasteiger partial charge in [-0.1, -0.05) is 0 Å². The number of alkyl halides is 1. The van der Waals surface area contributed by atoms with Gasteiger partial charge in [-0.2, -0.15) is 0 Å². The first-order chi connectivity index (χ1) is 8.29. The van der Waals surface area contributed by atoms with Gasteiger partial charge < -0.3 is 15.0 Å². The van der Waals surface area contributed by atoms with Crippen LogP contribution < -0.4 is 5.32 Å². The van der Waals surface area contributed by atoms with Crippen molar-refractivity contribution in [2.75, 3.05) is 31.0 Å². The van der Waals surface area contributed by atoms with E-state index in [1.807, 2.05) is 0 Å². The average molecular weight is 258 g/mol. The van der Waals surface area contributed by atoms with Gasteiger partial charge in [-0.25, -0.2) is 9.37 Å². The minimum absolute atomic E-state index is 0.279. The van der Waals surface area contributed by atoms with Crippen molar-refractivity contribution in [1.82, 2.24) is 9.97 Å². The van der Waals surface area contributed by atoms with Gasteiger partial charge in [-0.15, -0.1) is 11.6 Å². The Labute approximate surface area is 103 Å². The van der Waals surface area contributed by atoms with E-state index in [-0.39, 0.29) is 5.82 Å². The van der Waals surface area contributed by atoms with Gasteiger partial charge in [-0.3, -0.25) is 0 Å². The van der Waals surface area contributed by atoms with E-state index in [1.54, 1.807) is 6.07 Å². The third-order valence-electron chi connectivity index (χ3n) is 2.20. The molecule has 6 heteroatoms. The number of benzene rings is 1. The summed E-state index contributed by atoms with van der Waals surface area (Å²) in [5.74, 6) is 0.822. The quantitative estimate of drug-likeness (QED) is 0.617. The van der Waals surface area contributed by atoms with Crippen molar-refractivity contribution >= 4 is 28.6 Å². The third kappa shape index (κ3) is 3.31. The van der Waals surface area contributed by atoms with Crippen LogP contribution in [0, 0.1) is 5.82 Å². The molecule has 4 nitrogen and oxygen atoms in total. The SMILES string of the molecule is Fc1ccc2nc(NCCOCCCl)[nH]c2c1. The molecule has 1 aromatic carbocycles. The smallest absolute Gasteiger partial charge is 0.201 e. The summed E-state index contributed by atoms with van der Waals surface area (Å²) in [5, 5.41) is 3.06. The van der Waals surface area contributed by atoms with Crippen LogP contribution in [0.25, 0.3) is 11.0 Å². The molecule has 0 aliphatic heterocycles. The molecule has 0 atom stereocenters. The highest BCUT2D eigenvalue weighted by atomic mass is 35.5. The molecule has 0 saturated carbocycles. The molecule has 0 radical (unpaired) electrons. The number of aromatic nitrogens is 2. The van der Waals surface area contributed by atoms with Crippen molar-refractivity contribution in [2.24, 2.45) is 0 Å². The van der Waals surface area contributed by atoms with E-state index in [1.165, 1.54) is 12.1 Å². The van der Waals surface area contributed by atoms with Crippen LogP contribution in [0.5, 0.6) is 0 Å². The molecule has 0 unspecified atom stereocenters. The maximum absolute atomic E-state index is 12.9. The van der Waals surface area contributed by atoms with Crippen molar-refractivity contribution in [1.29, 1.82) is 0 Å². The third-order valence-corrected chi connectivity index (χ3v) is 2.36.